The number of hydrogen-bond acceptors (Lipinski definition) is 2. The number of nitrogens with two attached hydrogens (primary N) is 1. The first kappa shape index (κ1) is 14.0. The van der Waals surface area contributed by atoms with Crippen LogP contribution in [0.2, 0.25) is 0 Å². The maximum absolute atomic E-state index is 13.1. The molecular weight excluding hydrogens is 281 g/mol. The first-order valence-electron chi connectivity index (χ1n) is 6.77. The summed E-state index contributed by atoms with van der Waals surface area (Å²) in [6.07, 6.45) is 4.79. The Morgan fingerprint density at radius 3 is 2.68 bits per heavy atom. The molecule has 3 aromatic rings. The van der Waals surface area contributed by atoms with E-state index < -0.39 is 5.91 Å². The minimum atomic E-state index is -0.535. The fourth-order valence-corrected chi connectivity index (χ4v) is 2.31. The highest BCUT2D eigenvalue weighted by Crippen LogP contribution is 2.26. The van der Waals surface area contributed by atoms with Crippen LogP contribution in [0.3, 0.4) is 0 Å². The minimum absolute atomic E-state index is 0.308. The molecule has 0 aliphatic carbocycles. The van der Waals surface area contributed by atoms with Gasteiger partial charge in [-0.15, -0.1) is 0 Å². The highest BCUT2D eigenvalue weighted by Gasteiger charge is 2.12. The maximum atomic E-state index is 13.1. The van der Waals surface area contributed by atoms with Gasteiger partial charge in [-0.2, -0.15) is 0 Å². The predicted octanol–water partition coefficient (Wildman–Crippen LogP) is 2.95. The summed E-state index contributed by atoms with van der Waals surface area (Å²) in [7, 11) is 0. The van der Waals surface area contributed by atoms with Crippen LogP contribution in [0, 0.1) is 12.7 Å². The molecular formula is C17H14FN3O. The Bertz CT molecular complexity index is 879. The van der Waals surface area contributed by atoms with Gasteiger partial charge in [0.1, 0.15) is 11.5 Å². The summed E-state index contributed by atoms with van der Waals surface area (Å²) < 4.78 is 15.0. The molecule has 0 fully saturated rings. The summed E-state index contributed by atoms with van der Waals surface area (Å²) in [6, 6.07) is 9.97. The van der Waals surface area contributed by atoms with Crippen LogP contribution in [-0.2, 0) is 4.79 Å². The van der Waals surface area contributed by atoms with Gasteiger partial charge in [-0.1, -0.05) is 0 Å². The van der Waals surface area contributed by atoms with Crippen LogP contribution >= 0.6 is 0 Å². The lowest BCUT2D eigenvalue weighted by Crippen LogP contribution is -2.05. The van der Waals surface area contributed by atoms with Gasteiger partial charge in [0.2, 0.25) is 5.91 Å². The maximum Gasteiger partial charge on any atom is 0.241 e. The lowest BCUT2D eigenvalue weighted by Gasteiger charge is -2.01. The van der Waals surface area contributed by atoms with Gasteiger partial charge in [-0.3, -0.25) is 9.20 Å². The van der Waals surface area contributed by atoms with Gasteiger partial charge in [0.05, 0.1) is 11.4 Å². The molecule has 0 saturated carbocycles. The number of amides is 1. The number of halogens is 1. The Morgan fingerprint density at radius 1 is 1.27 bits per heavy atom. The standard InChI is InChI=1S/C17H14FN3O/c1-11-8-9-21-14(6-7-15(19)22)17(20-16(21)10-11)12-2-4-13(18)5-3-12/h2-10H,1H3,(H2,19,22)/b7-6+. The van der Waals surface area contributed by atoms with Gasteiger partial charge in [0.25, 0.3) is 0 Å². The van der Waals surface area contributed by atoms with E-state index in [4.69, 9.17) is 5.73 Å². The Morgan fingerprint density at radius 2 is 2.00 bits per heavy atom. The van der Waals surface area contributed by atoms with Crippen molar-refractivity contribution in [2.24, 2.45) is 5.73 Å². The van der Waals surface area contributed by atoms with Gasteiger partial charge in [-0.05, 0) is 55.0 Å². The number of imidazole rings is 1. The number of benzene rings is 1. The molecule has 2 N–H and O–H groups in total. The number of pyridine rings is 1. The van der Waals surface area contributed by atoms with Crippen molar-refractivity contribution in [3.8, 4) is 11.3 Å². The van der Waals surface area contributed by atoms with Crippen LogP contribution in [0.15, 0.2) is 48.7 Å². The molecule has 1 aromatic carbocycles. The van der Waals surface area contributed by atoms with E-state index in [-0.39, 0.29) is 5.82 Å². The molecule has 0 aliphatic rings. The molecule has 110 valence electrons. The van der Waals surface area contributed by atoms with E-state index in [9.17, 15) is 9.18 Å². The number of carbonyl (C=O) groups excluding carboxylic acids is 1. The minimum Gasteiger partial charge on any atom is -0.366 e. The van der Waals surface area contributed by atoms with Crippen LogP contribution < -0.4 is 5.73 Å². The van der Waals surface area contributed by atoms with Crippen molar-refractivity contribution < 1.29 is 9.18 Å². The van der Waals surface area contributed by atoms with Gasteiger partial charge in [0, 0.05) is 17.8 Å². The van der Waals surface area contributed by atoms with E-state index in [1.54, 1.807) is 18.2 Å². The lowest BCUT2D eigenvalue weighted by molar-refractivity contribution is -0.113. The Labute approximate surface area is 126 Å². The molecule has 4 nitrogen and oxygen atoms in total. The monoisotopic (exact) mass is 295 g/mol. The number of nitrogens with zero attached hydrogens (tertiary/aromatic N) is 2. The summed E-state index contributed by atoms with van der Waals surface area (Å²) in [4.78, 5) is 15.6. The van der Waals surface area contributed by atoms with Crippen LogP contribution in [0.4, 0.5) is 4.39 Å². The quantitative estimate of drug-likeness (QED) is 0.755. The highest BCUT2D eigenvalue weighted by atomic mass is 19.1. The summed E-state index contributed by atoms with van der Waals surface area (Å²) in [5.41, 5.74) is 9.17. The van der Waals surface area contributed by atoms with E-state index >= 15 is 0 Å². The topological polar surface area (TPSA) is 60.4 Å². The Kier molecular flexibility index (Phi) is 3.47. The molecule has 0 unspecified atom stereocenters. The van der Waals surface area contributed by atoms with E-state index in [2.05, 4.69) is 4.98 Å². The van der Waals surface area contributed by atoms with Gasteiger partial charge >= 0.3 is 0 Å². The van der Waals surface area contributed by atoms with Crippen LogP contribution in [0.1, 0.15) is 11.3 Å². The second kappa shape index (κ2) is 5.44. The molecule has 0 bridgehead atoms. The number of hydrogen-bond donors (Lipinski definition) is 1. The summed E-state index contributed by atoms with van der Waals surface area (Å²) in [6.45, 7) is 1.98. The first-order chi connectivity index (χ1) is 10.5. The Hall–Kier alpha value is -2.95. The van der Waals surface area contributed by atoms with Gasteiger partial charge < -0.3 is 5.73 Å². The van der Waals surface area contributed by atoms with E-state index in [1.807, 2.05) is 29.7 Å². The normalized spacial score (nSPS) is 11.4. The van der Waals surface area contributed by atoms with E-state index in [1.165, 1.54) is 18.2 Å². The molecule has 2 heterocycles. The van der Waals surface area contributed by atoms with Crippen LogP contribution in [0.5, 0.6) is 0 Å². The molecule has 0 atom stereocenters. The van der Waals surface area contributed by atoms with Crippen molar-refractivity contribution in [1.82, 2.24) is 9.38 Å². The first-order valence-corrected chi connectivity index (χ1v) is 6.77. The van der Waals surface area contributed by atoms with Crippen molar-refractivity contribution in [1.29, 1.82) is 0 Å². The summed E-state index contributed by atoms with van der Waals surface area (Å²) in [5.74, 6) is -0.843. The summed E-state index contributed by atoms with van der Waals surface area (Å²) in [5, 5.41) is 0. The fourth-order valence-electron chi connectivity index (χ4n) is 2.31. The third-order valence-electron chi connectivity index (χ3n) is 3.34. The Balaban J connectivity index is 2.25. The van der Waals surface area contributed by atoms with Crippen LogP contribution in [0.25, 0.3) is 23.0 Å². The van der Waals surface area contributed by atoms with Crippen molar-refractivity contribution in [3.63, 3.8) is 0 Å². The molecule has 0 radical (unpaired) electrons. The van der Waals surface area contributed by atoms with Crippen LogP contribution in [-0.4, -0.2) is 15.3 Å². The van der Waals surface area contributed by atoms with Crippen molar-refractivity contribution in [3.05, 3.63) is 65.7 Å². The third kappa shape index (κ3) is 2.61. The number of primary amides is 1. The molecule has 22 heavy (non-hydrogen) atoms. The molecule has 5 heteroatoms. The molecule has 0 saturated heterocycles. The second-order valence-corrected chi connectivity index (χ2v) is 5.02. The van der Waals surface area contributed by atoms with Crippen molar-refractivity contribution >= 4 is 17.6 Å². The van der Waals surface area contributed by atoms with Crippen molar-refractivity contribution in [2.45, 2.75) is 6.92 Å². The molecule has 1 amide bonds. The average Bonchev–Trinajstić information content (AvgIpc) is 2.83. The predicted molar refractivity (Wildman–Crippen MR) is 83.6 cm³/mol. The smallest absolute Gasteiger partial charge is 0.241 e. The average molecular weight is 295 g/mol. The number of aryl methyl sites for hydroxylation is 1. The summed E-state index contributed by atoms with van der Waals surface area (Å²) >= 11 is 0. The SMILES string of the molecule is Cc1ccn2c(/C=C/C(N)=O)c(-c3ccc(F)cc3)nc2c1. The van der Waals surface area contributed by atoms with Gasteiger partial charge in [-0.25, -0.2) is 9.37 Å². The number of rotatable bonds is 3. The van der Waals surface area contributed by atoms with Gasteiger partial charge in [0.15, 0.2) is 0 Å². The molecule has 3 rings (SSSR count). The third-order valence-corrected chi connectivity index (χ3v) is 3.34. The second-order valence-electron chi connectivity index (χ2n) is 5.02. The number of carbonyl (C=O) groups is 1. The van der Waals surface area contributed by atoms with Crippen molar-refractivity contribution in [2.75, 3.05) is 0 Å². The highest BCUT2D eigenvalue weighted by molar-refractivity contribution is 5.91. The lowest BCUT2D eigenvalue weighted by atomic mass is 10.1. The van der Waals surface area contributed by atoms with E-state index in [0.29, 0.717) is 5.69 Å². The molecule has 2 aromatic heterocycles. The molecule has 0 spiro atoms. The zero-order chi connectivity index (χ0) is 15.7. The zero-order valence-corrected chi connectivity index (χ0v) is 12.0. The number of aromatic nitrogens is 2. The molecule has 0 aliphatic heterocycles. The number of fused-ring (bicyclic) bond motifs is 1. The largest absolute Gasteiger partial charge is 0.366 e. The zero-order valence-electron chi connectivity index (χ0n) is 12.0. The van der Waals surface area contributed by atoms with E-state index in [0.717, 1.165) is 22.5 Å². The fraction of sp³-hybridized carbons (Fsp3) is 0.0588.